The molecule has 2 N–H and O–H groups in total. The molecule has 0 spiro atoms. The molecule has 0 aliphatic heterocycles. The molecule has 3 heteroatoms. The van der Waals surface area contributed by atoms with Crippen molar-refractivity contribution in [3.05, 3.63) is 0 Å². The third kappa shape index (κ3) is 4.30. The van der Waals surface area contributed by atoms with E-state index in [2.05, 4.69) is 24.5 Å². The molecule has 2 rings (SSSR count). The summed E-state index contributed by atoms with van der Waals surface area (Å²) in [5.41, 5.74) is 0. The summed E-state index contributed by atoms with van der Waals surface area (Å²) in [7, 11) is 0. The Bertz CT molecular complexity index is 263. The first-order valence-electron chi connectivity index (χ1n) is 7.15. The Labute approximate surface area is 105 Å². The van der Waals surface area contributed by atoms with Crippen molar-refractivity contribution in [1.29, 1.82) is 0 Å². The predicted octanol–water partition coefficient (Wildman–Crippen LogP) is 1.93. The van der Waals surface area contributed by atoms with Crippen LogP contribution in [-0.2, 0) is 4.79 Å². The quantitative estimate of drug-likeness (QED) is 0.768. The predicted molar refractivity (Wildman–Crippen MR) is 69.7 cm³/mol. The van der Waals surface area contributed by atoms with E-state index in [9.17, 15) is 4.79 Å². The Kier molecular flexibility index (Phi) is 4.43. The number of hydrogen-bond donors (Lipinski definition) is 2. The van der Waals surface area contributed by atoms with Crippen LogP contribution in [0.4, 0.5) is 0 Å². The molecule has 0 aromatic heterocycles. The van der Waals surface area contributed by atoms with Crippen LogP contribution in [0.2, 0.25) is 0 Å². The van der Waals surface area contributed by atoms with Crippen molar-refractivity contribution in [3.63, 3.8) is 0 Å². The fourth-order valence-corrected chi connectivity index (χ4v) is 2.84. The molecule has 0 radical (unpaired) electrons. The second kappa shape index (κ2) is 5.85. The van der Waals surface area contributed by atoms with E-state index in [1.165, 1.54) is 32.1 Å². The lowest BCUT2D eigenvalue weighted by Gasteiger charge is -2.33. The Balaban J connectivity index is 1.61. The highest BCUT2D eigenvalue weighted by molar-refractivity contribution is 5.78. The monoisotopic (exact) mass is 238 g/mol. The molecular formula is C14H26N2O. The van der Waals surface area contributed by atoms with Gasteiger partial charge in [0.25, 0.3) is 0 Å². The molecule has 0 saturated heterocycles. The summed E-state index contributed by atoms with van der Waals surface area (Å²) in [5, 5.41) is 6.43. The van der Waals surface area contributed by atoms with Crippen LogP contribution >= 0.6 is 0 Å². The summed E-state index contributed by atoms with van der Waals surface area (Å²) < 4.78 is 0. The number of amides is 1. The van der Waals surface area contributed by atoms with Crippen LogP contribution in [0.15, 0.2) is 0 Å². The molecule has 0 heterocycles. The molecule has 98 valence electrons. The van der Waals surface area contributed by atoms with Crippen molar-refractivity contribution in [2.45, 2.75) is 52.0 Å². The molecule has 0 aromatic carbocycles. The molecule has 0 bridgehead atoms. The average Bonchev–Trinajstić information content (AvgIpc) is 3.09. The van der Waals surface area contributed by atoms with Crippen molar-refractivity contribution in [2.75, 3.05) is 13.1 Å². The maximum absolute atomic E-state index is 11.6. The zero-order valence-corrected chi connectivity index (χ0v) is 11.2. The van der Waals surface area contributed by atoms with Gasteiger partial charge in [-0.1, -0.05) is 13.8 Å². The van der Waals surface area contributed by atoms with Crippen LogP contribution in [-0.4, -0.2) is 25.0 Å². The molecular weight excluding hydrogens is 212 g/mol. The van der Waals surface area contributed by atoms with E-state index in [-0.39, 0.29) is 5.91 Å². The van der Waals surface area contributed by atoms with Gasteiger partial charge in [0.15, 0.2) is 0 Å². The molecule has 1 amide bonds. The lowest BCUT2D eigenvalue weighted by Crippen LogP contribution is -2.44. The van der Waals surface area contributed by atoms with Gasteiger partial charge in [0.1, 0.15) is 0 Å². The van der Waals surface area contributed by atoms with Gasteiger partial charge in [-0.25, -0.2) is 0 Å². The van der Waals surface area contributed by atoms with Crippen LogP contribution in [0.3, 0.4) is 0 Å². The highest BCUT2D eigenvalue weighted by Crippen LogP contribution is 2.28. The van der Waals surface area contributed by atoms with Gasteiger partial charge in [0.2, 0.25) is 5.91 Å². The van der Waals surface area contributed by atoms with E-state index in [0.29, 0.717) is 18.5 Å². The molecule has 3 unspecified atom stereocenters. The topological polar surface area (TPSA) is 41.1 Å². The largest absolute Gasteiger partial charge is 0.355 e. The smallest absolute Gasteiger partial charge is 0.233 e. The summed E-state index contributed by atoms with van der Waals surface area (Å²) in [6.07, 6.45) is 6.40. The van der Waals surface area contributed by atoms with Gasteiger partial charge in [-0.15, -0.1) is 0 Å². The molecule has 2 saturated carbocycles. The fraction of sp³-hybridized carbons (Fsp3) is 0.929. The number of hydrogen-bond acceptors (Lipinski definition) is 2. The van der Waals surface area contributed by atoms with Gasteiger partial charge in [0, 0.05) is 12.6 Å². The zero-order chi connectivity index (χ0) is 12.3. The Morgan fingerprint density at radius 3 is 2.59 bits per heavy atom. The SMILES string of the molecule is CC1CCC(NCC(=O)NCC2CC2)C(C)C1. The third-order valence-electron chi connectivity index (χ3n) is 4.24. The van der Waals surface area contributed by atoms with Crippen molar-refractivity contribution >= 4 is 5.91 Å². The van der Waals surface area contributed by atoms with E-state index in [1.807, 2.05) is 0 Å². The van der Waals surface area contributed by atoms with E-state index < -0.39 is 0 Å². The zero-order valence-electron chi connectivity index (χ0n) is 11.2. The van der Waals surface area contributed by atoms with E-state index in [1.54, 1.807) is 0 Å². The molecule has 2 fully saturated rings. The fourth-order valence-electron chi connectivity index (χ4n) is 2.84. The Hall–Kier alpha value is -0.570. The number of rotatable bonds is 5. The molecule has 3 atom stereocenters. The Morgan fingerprint density at radius 1 is 1.18 bits per heavy atom. The average molecular weight is 238 g/mol. The molecule has 17 heavy (non-hydrogen) atoms. The van der Waals surface area contributed by atoms with Crippen molar-refractivity contribution in [1.82, 2.24) is 10.6 Å². The van der Waals surface area contributed by atoms with Gasteiger partial charge in [-0.05, 0) is 49.9 Å². The van der Waals surface area contributed by atoms with Crippen LogP contribution in [0.5, 0.6) is 0 Å². The maximum atomic E-state index is 11.6. The van der Waals surface area contributed by atoms with Gasteiger partial charge < -0.3 is 10.6 Å². The minimum Gasteiger partial charge on any atom is -0.355 e. The first-order valence-corrected chi connectivity index (χ1v) is 7.15. The first kappa shape index (κ1) is 12.9. The van der Waals surface area contributed by atoms with Crippen LogP contribution in [0.25, 0.3) is 0 Å². The lowest BCUT2D eigenvalue weighted by molar-refractivity contribution is -0.120. The van der Waals surface area contributed by atoms with Crippen molar-refractivity contribution in [2.24, 2.45) is 17.8 Å². The lowest BCUT2D eigenvalue weighted by atomic mass is 9.80. The summed E-state index contributed by atoms with van der Waals surface area (Å²) in [6.45, 7) is 6.01. The van der Waals surface area contributed by atoms with Crippen LogP contribution in [0.1, 0.15) is 46.0 Å². The first-order chi connectivity index (χ1) is 8.15. The minimum atomic E-state index is 0.169. The molecule has 2 aliphatic carbocycles. The highest BCUT2D eigenvalue weighted by Gasteiger charge is 2.25. The van der Waals surface area contributed by atoms with Gasteiger partial charge in [-0.3, -0.25) is 4.79 Å². The second-order valence-electron chi connectivity index (χ2n) is 6.13. The second-order valence-corrected chi connectivity index (χ2v) is 6.13. The van der Waals surface area contributed by atoms with Crippen LogP contribution in [0, 0.1) is 17.8 Å². The van der Waals surface area contributed by atoms with Crippen molar-refractivity contribution in [3.8, 4) is 0 Å². The summed E-state index contributed by atoms with van der Waals surface area (Å²) in [6, 6.07) is 0.540. The highest BCUT2D eigenvalue weighted by atomic mass is 16.1. The number of carbonyl (C=O) groups is 1. The van der Waals surface area contributed by atoms with Gasteiger partial charge in [0.05, 0.1) is 6.54 Å². The minimum absolute atomic E-state index is 0.169. The summed E-state index contributed by atoms with van der Waals surface area (Å²) >= 11 is 0. The molecule has 0 aromatic rings. The Morgan fingerprint density at radius 2 is 1.94 bits per heavy atom. The van der Waals surface area contributed by atoms with E-state index >= 15 is 0 Å². The van der Waals surface area contributed by atoms with Crippen molar-refractivity contribution < 1.29 is 4.79 Å². The van der Waals surface area contributed by atoms with Gasteiger partial charge >= 0.3 is 0 Å². The summed E-state index contributed by atoms with van der Waals surface area (Å²) in [4.78, 5) is 11.6. The summed E-state index contributed by atoms with van der Waals surface area (Å²) in [5.74, 6) is 2.50. The number of nitrogens with one attached hydrogen (secondary N) is 2. The van der Waals surface area contributed by atoms with Gasteiger partial charge in [-0.2, -0.15) is 0 Å². The van der Waals surface area contributed by atoms with Crippen LogP contribution < -0.4 is 10.6 Å². The molecule has 2 aliphatic rings. The maximum Gasteiger partial charge on any atom is 0.233 e. The van der Waals surface area contributed by atoms with E-state index in [4.69, 9.17) is 0 Å². The number of carbonyl (C=O) groups excluding carboxylic acids is 1. The normalized spacial score (nSPS) is 33.4. The van der Waals surface area contributed by atoms with E-state index in [0.717, 1.165) is 18.4 Å². The standard InChI is InChI=1S/C14H26N2O/c1-10-3-6-13(11(2)7-10)15-9-14(17)16-8-12-4-5-12/h10-13,15H,3-9H2,1-2H3,(H,16,17). The third-order valence-corrected chi connectivity index (χ3v) is 4.24. The molecule has 3 nitrogen and oxygen atoms in total.